The summed E-state index contributed by atoms with van der Waals surface area (Å²) in [7, 11) is 0. The van der Waals surface area contributed by atoms with Gasteiger partial charge in [0.25, 0.3) is 5.91 Å². The second kappa shape index (κ2) is 4.60. The lowest BCUT2D eigenvalue weighted by atomic mass is 9.76. The highest BCUT2D eigenvalue weighted by atomic mass is 19.1. The van der Waals surface area contributed by atoms with Gasteiger partial charge in [-0.2, -0.15) is 0 Å². The van der Waals surface area contributed by atoms with Crippen LogP contribution in [-0.2, 0) is 4.79 Å². The third-order valence-electron chi connectivity index (χ3n) is 3.48. The van der Waals surface area contributed by atoms with E-state index in [1.807, 2.05) is 0 Å². The molecule has 2 rings (SSSR count). The molecular formula is C13H13F2NO3. The molecule has 0 bridgehead atoms. The van der Waals surface area contributed by atoms with Crippen LogP contribution in [0.4, 0.5) is 8.78 Å². The molecule has 6 heteroatoms. The summed E-state index contributed by atoms with van der Waals surface area (Å²) in [5, 5.41) is 11.3. The molecule has 0 heterocycles. The van der Waals surface area contributed by atoms with Crippen LogP contribution in [0.25, 0.3) is 0 Å². The van der Waals surface area contributed by atoms with Crippen LogP contribution >= 0.6 is 0 Å². The van der Waals surface area contributed by atoms with Gasteiger partial charge in [0.05, 0.1) is 0 Å². The Morgan fingerprint density at radius 3 is 2.42 bits per heavy atom. The number of aryl methyl sites for hydroxylation is 1. The summed E-state index contributed by atoms with van der Waals surface area (Å²) < 4.78 is 27.3. The van der Waals surface area contributed by atoms with E-state index in [0.29, 0.717) is 6.42 Å². The van der Waals surface area contributed by atoms with Crippen molar-refractivity contribution in [2.45, 2.75) is 31.7 Å². The van der Waals surface area contributed by atoms with E-state index in [2.05, 4.69) is 5.32 Å². The molecule has 1 saturated carbocycles. The molecule has 1 amide bonds. The predicted octanol–water partition coefficient (Wildman–Crippen LogP) is 2.01. The zero-order chi connectivity index (χ0) is 14.2. The predicted molar refractivity (Wildman–Crippen MR) is 62.8 cm³/mol. The Kier molecular flexibility index (Phi) is 3.26. The average Bonchev–Trinajstić information content (AvgIpc) is 2.28. The molecule has 0 atom stereocenters. The van der Waals surface area contributed by atoms with Gasteiger partial charge < -0.3 is 10.4 Å². The van der Waals surface area contributed by atoms with E-state index >= 15 is 0 Å². The van der Waals surface area contributed by atoms with Gasteiger partial charge in [0.1, 0.15) is 22.7 Å². The number of carbonyl (C=O) groups excluding carboxylic acids is 1. The first-order chi connectivity index (χ1) is 8.87. The normalized spacial score (nSPS) is 16.6. The summed E-state index contributed by atoms with van der Waals surface area (Å²) in [4.78, 5) is 23.0. The van der Waals surface area contributed by atoms with Crippen LogP contribution in [0.2, 0.25) is 0 Å². The summed E-state index contributed by atoms with van der Waals surface area (Å²) in [6.07, 6.45) is 1.19. The first-order valence-corrected chi connectivity index (χ1v) is 5.88. The number of halogens is 2. The topological polar surface area (TPSA) is 66.4 Å². The van der Waals surface area contributed by atoms with Crippen molar-refractivity contribution in [2.24, 2.45) is 0 Å². The molecule has 2 N–H and O–H groups in total. The first-order valence-electron chi connectivity index (χ1n) is 5.88. The standard InChI is InChI=1S/C13H13F2NO3/c1-7-3-4-8(14)9(10(7)15)11(17)16-13(12(18)19)5-2-6-13/h3-4H,2,5-6H2,1H3,(H,16,17)(H,18,19). The van der Waals surface area contributed by atoms with E-state index in [-0.39, 0.29) is 18.4 Å². The molecule has 102 valence electrons. The highest BCUT2D eigenvalue weighted by Gasteiger charge is 2.46. The number of amides is 1. The van der Waals surface area contributed by atoms with Gasteiger partial charge in [-0.25, -0.2) is 13.6 Å². The Bertz CT molecular complexity index is 553. The van der Waals surface area contributed by atoms with Crippen LogP contribution < -0.4 is 5.32 Å². The summed E-state index contributed by atoms with van der Waals surface area (Å²) in [5.41, 5.74) is -1.99. The first kappa shape index (κ1) is 13.5. The Labute approximate surface area is 108 Å². The summed E-state index contributed by atoms with van der Waals surface area (Å²) in [5.74, 6) is -4.17. The summed E-state index contributed by atoms with van der Waals surface area (Å²) in [6, 6.07) is 2.21. The fourth-order valence-electron chi connectivity index (χ4n) is 2.07. The molecule has 1 aliphatic rings. The molecule has 0 unspecified atom stereocenters. The van der Waals surface area contributed by atoms with Crippen molar-refractivity contribution in [2.75, 3.05) is 0 Å². The van der Waals surface area contributed by atoms with Gasteiger partial charge in [0.15, 0.2) is 0 Å². The molecule has 1 aliphatic carbocycles. The number of carboxylic acids is 1. The van der Waals surface area contributed by atoms with Gasteiger partial charge in [-0.05, 0) is 37.8 Å². The molecule has 0 spiro atoms. The lowest BCUT2D eigenvalue weighted by Crippen LogP contribution is -2.59. The Morgan fingerprint density at radius 2 is 1.95 bits per heavy atom. The maximum Gasteiger partial charge on any atom is 0.329 e. The van der Waals surface area contributed by atoms with Crippen molar-refractivity contribution in [1.82, 2.24) is 5.32 Å². The third kappa shape index (κ3) is 2.18. The molecule has 1 fully saturated rings. The van der Waals surface area contributed by atoms with Crippen LogP contribution in [0.15, 0.2) is 12.1 Å². The van der Waals surface area contributed by atoms with Gasteiger partial charge in [-0.1, -0.05) is 6.07 Å². The van der Waals surface area contributed by atoms with E-state index < -0.39 is 34.6 Å². The summed E-state index contributed by atoms with van der Waals surface area (Å²) in [6.45, 7) is 1.40. The minimum absolute atomic E-state index is 0.129. The fourth-order valence-corrected chi connectivity index (χ4v) is 2.07. The molecule has 0 aliphatic heterocycles. The number of nitrogens with one attached hydrogen (secondary N) is 1. The molecule has 0 aromatic heterocycles. The van der Waals surface area contributed by atoms with Crippen molar-refractivity contribution >= 4 is 11.9 Å². The van der Waals surface area contributed by atoms with E-state index in [0.717, 1.165) is 6.07 Å². The van der Waals surface area contributed by atoms with Crippen LogP contribution in [0.5, 0.6) is 0 Å². The fraction of sp³-hybridized carbons (Fsp3) is 0.385. The number of aliphatic carboxylic acids is 1. The maximum atomic E-state index is 13.8. The summed E-state index contributed by atoms with van der Waals surface area (Å²) >= 11 is 0. The zero-order valence-electron chi connectivity index (χ0n) is 10.3. The van der Waals surface area contributed by atoms with E-state index in [1.165, 1.54) is 13.0 Å². The average molecular weight is 269 g/mol. The Balaban J connectivity index is 2.31. The molecule has 1 aromatic rings. The minimum atomic E-state index is -1.39. The van der Waals surface area contributed by atoms with Gasteiger partial charge in [-0.3, -0.25) is 4.79 Å². The van der Waals surface area contributed by atoms with Crippen molar-refractivity contribution in [3.8, 4) is 0 Å². The number of carbonyl (C=O) groups is 2. The van der Waals surface area contributed by atoms with E-state index in [1.54, 1.807) is 0 Å². The van der Waals surface area contributed by atoms with Crippen LogP contribution in [-0.4, -0.2) is 22.5 Å². The SMILES string of the molecule is Cc1ccc(F)c(C(=O)NC2(C(=O)O)CCC2)c1F. The number of benzene rings is 1. The number of hydrogen-bond donors (Lipinski definition) is 2. The molecule has 4 nitrogen and oxygen atoms in total. The second-order valence-electron chi connectivity index (χ2n) is 4.75. The lowest BCUT2D eigenvalue weighted by Gasteiger charge is -2.38. The monoisotopic (exact) mass is 269 g/mol. The van der Waals surface area contributed by atoms with Crippen molar-refractivity contribution in [1.29, 1.82) is 0 Å². The molecule has 19 heavy (non-hydrogen) atoms. The van der Waals surface area contributed by atoms with Gasteiger partial charge in [-0.15, -0.1) is 0 Å². The zero-order valence-corrected chi connectivity index (χ0v) is 10.3. The Morgan fingerprint density at radius 1 is 1.32 bits per heavy atom. The smallest absolute Gasteiger partial charge is 0.329 e. The maximum absolute atomic E-state index is 13.8. The number of rotatable bonds is 3. The van der Waals surface area contributed by atoms with Crippen molar-refractivity contribution in [3.05, 3.63) is 34.9 Å². The Hall–Kier alpha value is -1.98. The van der Waals surface area contributed by atoms with Crippen LogP contribution in [0, 0.1) is 18.6 Å². The van der Waals surface area contributed by atoms with Gasteiger partial charge in [0.2, 0.25) is 0 Å². The minimum Gasteiger partial charge on any atom is -0.480 e. The van der Waals surface area contributed by atoms with Gasteiger partial charge >= 0.3 is 5.97 Å². The largest absolute Gasteiger partial charge is 0.480 e. The van der Waals surface area contributed by atoms with Gasteiger partial charge in [0, 0.05) is 0 Å². The second-order valence-corrected chi connectivity index (χ2v) is 4.75. The number of hydrogen-bond acceptors (Lipinski definition) is 2. The van der Waals surface area contributed by atoms with Crippen molar-refractivity contribution in [3.63, 3.8) is 0 Å². The third-order valence-corrected chi connectivity index (χ3v) is 3.48. The molecule has 0 saturated heterocycles. The number of carboxylic acid groups (broad SMARTS) is 1. The highest BCUT2D eigenvalue weighted by molar-refractivity contribution is 5.98. The molecule has 0 radical (unpaired) electrons. The van der Waals surface area contributed by atoms with E-state index in [9.17, 15) is 18.4 Å². The lowest BCUT2D eigenvalue weighted by molar-refractivity contribution is -0.148. The van der Waals surface area contributed by atoms with E-state index in [4.69, 9.17) is 5.11 Å². The van der Waals surface area contributed by atoms with Crippen LogP contribution in [0.3, 0.4) is 0 Å². The quantitative estimate of drug-likeness (QED) is 0.882. The molecular weight excluding hydrogens is 256 g/mol. The highest BCUT2D eigenvalue weighted by Crippen LogP contribution is 2.32. The van der Waals surface area contributed by atoms with Crippen LogP contribution in [0.1, 0.15) is 35.2 Å². The van der Waals surface area contributed by atoms with Crippen molar-refractivity contribution < 1.29 is 23.5 Å². The molecule has 1 aromatic carbocycles.